The highest BCUT2D eigenvalue weighted by molar-refractivity contribution is 5.99. The first-order valence-electron chi connectivity index (χ1n) is 8.54. The third kappa shape index (κ3) is 4.21. The number of hydrogen-bond donors (Lipinski definition) is 0. The molecule has 3 heterocycles. The molecule has 2 amide bonds. The van der Waals surface area contributed by atoms with Crippen molar-refractivity contribution < 1.29 is 9.59 Å². The smallest absolute Gasteiger partial charge is 0.255 e. The maximum absolute atomic E-state index is 12.6. The molecular weight excluding hydrogens is 316 g/mol. The quantitative estimate of drug-likeness (QED) is 0.837. The first-order chi connectivity index (χ1) is 12.1. The molecule has 0 saturated carbocycles. The van der Waals surface area contributed by atoms with E-state index in [1.165, 1.54) is 12.4 Å². The fourth-order valence-corrected chi connectivity index (χ4v) is 2.94. The number of carbonyl (C=O) groups excluding carboxylic acids is 2. The van der Waals surface area contributed by atoms with E-state index < -0.39 is 0 Å². The van der Waals surface area contributed by atoms with Crippen LogP contribution in [0.4, 0.5) is 0 Å². The Hall–Kier alpha value is -2.76. The summed E-state index contributed by atoms with van der Waals surface area (Å²) >= 11 is 0. The second-order valence-corrected chi connectivity index (χ2v) is 6.29. The highest BCUT2D eigenvalue weighted by Gasteiger charge is 2.21. The monoisotopic (exact) mass is 338 g/mol. The molecule has 0 N–H and O–H groups in total. The zero-order valence-corrected chi connectivity index (χ0v) is 14.4. The highest BCUT2D eigenvalue weighted by Crippen LogP contribution is 2.14. The van der Waals surface area contributed by atoms with Gasteiger partial charge in [-0.15, -0.1) is 0 Å². The maximum Gasteiger partial charge on any atom is 0.255 e. The van der Waals surface area contributed by atoms with E-state index in [0.717, 1.165) is 37.9 Å². The Balaban J connectivity index is 1.65. The topological polar surface area (TPSA) is 66.4 Å². The molecule has 0 radical (unpaired) electrons. The van der Waals surface area contributed by atoms with Crippen LogP contribution in [-0.4, -0.2) is 58.3 Å². The first-order valence-corrected chi connectivity index (χ1v) is 8.54. The molecule has 0 spiro atoms. The summed E-state index contributed by atoms with van der Waals surface area (Å²) in [6.07, 6.45) is 9.37. The highest BCUT2D eigenvalue weighted by atomic mass is 16.2. The third-order valence-electron chi connectivity index (χ3n) is 4.46. The van der Waals surface area contributed by atoms with Crippen LogP contribution in [0.25, 0.3) is 0 Å². The number of pyridine rings is 2. The third-order valence-corrected chi connectivity index (χ3v) is 4.46. The van der Waals surface area contributed by atoms with Gasteiger partial charge in [-0.3, -0.25) is 19.6 Å². The van der Waals surface area contributed by atoms with Crippen LogP contribution in [0.2, 0.25) is 0 Å². The molecule has 0 bridgehead atoms. The standard InChI is InChI=1S/C19H22N4O2/c1-22(11-6-15-4-7-20-8-5-15)18(24)16-12-17(14-21-13-16)19(25)23-9-2-3-10-23/h4-5,7-8,12-14H,2-3,6,9-11H2,1H3. The Morgan fingerprint density at radius 2 is 1.76 bits per heavy atom. The average molecular weight is 338 g/mol. The molecule has 2 aromatic rings. The van der Waals surface area contributed by atoms with Gasteiger partial charge in [0.25, 0.3) is 11.8 Å². The van der Waals surface area contributed by atoms with Crippen molar-refractivity contribution in [1.29, 1.82) is 0 Å². The number of hydrogen-bond acceptors (Lipinski definition) is 4. The lowest BCUT2D eigenvalue weighted by Crippen LogP contribution is -2.30. The van der Waals surface area contributed by atoms with E-state index in [4.69, 9.17) is 0 Å². The van der Waals surface area contributed by atoms with E-state index in [9.17, 15) is 9.59 Å². The van der Waals surface area contributed by atoms with E-state index in [-0.39, 0.29) is 11.8 Å². The van der Waals surface area contributed by atoms with Gasteiger partial charge in [0.2, 0.25) is 0 Å². The van der Waals surface area contributed by atoms with Crippen LogP contribution in [-0.2, 0) is 6.42 Å². The number of aromatic nitrogens is 2. The number of rotatable bonds is 5. The van der Waals surface area contributed by atoms with Gasteiger partial charge >= 0.3 is 0 Å². The summed E-state index contributed by atoms with van der Waals surface area (Å²) in [5.74, 6) is -0.170. The predicted octanol–water partition coefficient (Wildman–Crippen LogP) is 2.03. The van der Waals surface area contributed by atoms with E-state index in [2.05, 4.69) is 9.97 Å². The van der Waals surface area contributed by atoms with Crippen molar-refractivity contribution in [3.8, 4) is 0 Å². The zero-order chi connectivity index (χ0) is 17.6. The molecular formula is C19H22N4O2. The fraction of sp³-hybridized carbons (Fsp3) is 0.368. The molecule has 6 nitrogen and oxygen atoms in total. The summed E-state index contributed by atoms with van der Waals surface area (Å²) in [5, 5.41) is 0. The predicted molar refractivity (Wildman–Crippen MR) is 94.3 cm³/mol. The lowest BCUT2D eigenvalue weighted by molar-refractivity contribution is 0.0792. The van der Waals surface area contributed by atoms with Crippen LogP contribution in [0.5, 0.6) is 0 Å². The van der Waals surface area contributed by atoms with E-state index in [1.807, 2.05) is 17.0 Å². The number of amides is 2. The molecule has 25 heavy (non-hydrogen) atoms. The van der Waals surface area contributed by atoms with Gasteiger partial charge < -0.3 is 9.80 Å². The van der Waals surface area contributed by atoms with E-state index >= 15 is 0 Å². The van der Waals surface area contributed by atoms with Crippen LogP contribution in [0.3, 0.4) is 0 Å². The van der Waals surface area contributed by atoms with Gasteiger partial charge in [-0.25, -0.2) is 0 Å². The van der Waals surface area contributed by atoms with Crippen molar-refractivity contribution in [3.05, 3.63) is 59.7 Å². The first kappa shape index (κ1) is 17.1. The summed E-state index contributed by atoms with van der Waals surface area (Å²) < 4.78 is 0. The number of carbonyl (C=O) groups is 2. The zero-order valence-electron chi connectivity index (χ0n) is 14.4. The Morgan fingerprint density at radius 3 is 2.48 bits per heavy atom. The molecule has 6 heteroatoms. The summed E-state index contributed by atoms with van der Waals surface area (Å²) in [6, 6.07) is 5.53. The van der Waals surface area contributed by atoms with Gasteiger partial charge in [0.15, 0.2) is 0 Å². The van der Waals surface area contributed by atoms with Crippen LogP contribution < -0.4 is 0 Å². The molecule has 1 aliphatic rings. The molecule has 0 aliphatic carbocycles. The fourth-order valence-electron chi connectivity index (χ4n) is 2.94. The largest absolute Gasteiger partial charge is 0.341 e. The van der Waals surface area contributed by atoms with Crippen molar-refractivity contribution >= 4 is 11.8 Å². The minimum Gasteiger partial charge on any atom is -0.341 e. The van der Waals surface area contributed by atoms with Gasteiger partial charge in [-0.2, -0.15) is 0 Å². The SMILES string of the molecule is CN(CCc1ccncc1)C(=O)c1cncc(C(=O)N2CCCC2)c1. The summed E-state index contributed by atoms with van der Waals surface area (Å²) in [5.41, 5.74) is 2.06. The van der Waals surface area contributed by atoms with Crippen molar-refractivity contribution in [2.75, 3.05) is 26.7 Å². The van der Waals surface area contributed by atoms with Gasteiger partial charge in [0.05, 0.1) is 11.1 Å². The Labute approximate surface area is 147 Å². The molecule has 1 fully saturated rings. The molecule has 3 rings (SSSR count). The van der Waals surface area contributed by atoms with Gasteiger partial charge in [0, 0.05) is 51.5 Å². The normalized spacial score (nSPS) is 13.7. The van der Waals surface area contributed by atoms with Crippen molar-refractivity contribution in [2.45, 2.75) is 19.3 Å². The number of nitrogens with zero attached hydrogens (tertiary/aromatic N) is 4. The van der Waals surface area contributed by atoms with Crippen LogP contribution >= 0.6 is 0 Å². The maximum atomic E-state index is 12.6. The molecule has 1 aliphatic heterocycles. The number of likely N-dealkylation sites (N-methyl/N-ethyl adjacent to an activating group) is 1. The molecule has 0 aromatic carbocycles. The summed E-state index contributed by atoms with van der Waals surface area (Å²) in [7, 11) is 1.76. The van der Waals surface area contributed by atoms with E-state index in [0.29, 0.717) is 17.7 Å². The van der Waals surface area contributed by atoms with Gasteiger partial charge in [-0.05, 0) is 43.0 Å². The van der Waals surface area contributed by atoms with Crippen molar-refractivity contribution in [1.82, 2.24) is 19.8 Å². The molecule has 0 atom stereocenters. The molecule has 2 aromatic heterocycles. The van der Waals surface area contributed by atoms with Gasteiger partial charge in [-0.1, -0.05) is 0 Å². The Bertz CT molecular complexity index is 742. The average Bonchev–Trinajstić information content (AvgIpc) is 3.20. The Morgan fingerprint density at radius 1 is 1.08 bits per heavy atom. The van der Waals surface area contributed by atoms with Crippen molar-refractivity contribution in [3.63, 3.8) is 0 Å². The summed E-state index contributed by atoms with van der Waals surface area (Å²) in [6.45, 7) is 2.15. The van der Waals surface area contributed by atoms with E-state index in [1.54, 1.807) is 30.4 Å². The lowest BCUT2D eigenvalue weighted by atomic mass is 10.1. The number of likely N-dealkylation sites (tertiary alicyclic amines) is 1. The lowest BCUT2D eigenvalue weighted by Gasteiger charge is -2.18. The second kappa shape index (κ2) is 7.88. The molecule has 0 unspecified atom stereocenters. The minimum atomic E-state index is -0.127. The van der Waals surface area contributed by atoms with Gasteiger partial charge in [0.1, 0.15) is 0 Å². The molecule has 130 valence electrons. The van der Waals surface area contributed by atoms with Crippen LogP contribution in [0.1, 0.15) is 39.1 Å². The second-order valence-electron chi connectivity index (χ2n) is 6.29. The van der Waals surface area contributed by atoms with Crippen molar-refractivity contribution in [2.24, 2.45) is 0 Å². The summed E-state index contributed by atoms with van der Waals surface area (Å²) in [4.78, 5) is 36.6. The molecule has 1 saturated heterocycles. The van der Waals surface area contributed by atoms with Crippen LogP contribution in [0, 0.1) is 0 Å². The minimum absolute atomic E-state index is 0.0425. The Kier molecular flexibility index (Phi) is 5.38. The van der Waals surface area contributed by atoms with Crippen LogP contribution in [0.15, 0.2) is 43.0 Å².